The summed E-state index contributed by atoms with van der Waals surface area (Å²) in [6, 6.07) is 11.8. The van der Waals surface area contributed by atoms with Crippen molar-refractivity contribution in [2.75, 3.05) is 11.9 Å². The molecule has 2 aromatic carbocycles. The molecule has 194 valence electrons. The van der Waals surface area contributed by atoms with Gasteiger partial charge in [-0.05, 0) is 93.3 Å². The van der Waals surface area contributed by atoms with Crippen LogP contribution in [0.4, 0.5) is 9.93 Å². The van der Waals surface area contributed by atoms with Crippen LogP contribution in [0.1, 0.15) is 71.2 Å². The molecular formula is C28H32N4O4S. The molecule has 3 aromatic rings. The summed E-state index contributed by atoms with van der Waals surface area (Å²) in [4.78, 5) is 27.0. The SMILES string of the molecule is CC(C)(C)OC(=O)N1CCc2cc(C(=O)Nc3nnc(COc4cccc5c4CCCC5)s3)ccc2C1. The van der Waals surface area contributed by atoms with Crippen LogP contribution in [0.5, 0.6) is 5.75 Å². The fraction of sp³-hybridized carbons (Fsp3) is 0.429. The minimum absolute atomic E-state index is 0.238. The molecule has 2 amide bonds. The second-order valence-corrected chi connectivity index (χ2v) is 11.5. The topological polar surface area (TPSA) is 93.7 Å². The van der Waals surface area contributed by atoms with Crippen molar-refractivity contribution < 1.29 is 19.1 Å². The van der Waals surface area contributed by atoms with E-state index in [2.05, 4.69) is 21.6 Å². The summed E-state index contributed by atoms with van der Waals surface area (Å²) in [5, 5.41) is 12.3. The van der Waals surface area contributed by atoms with Gasteiger partial charge in [0.2, 0.25) is 5.13 Å². The zero-order valence-corrected chi connectivity index (χ0v) is 22.3. The number of aromatic nitrogens is 2. The Balaban J connectivity index is 1.18. The Kier molecular flexibility index (Phi) is 7.15. The van der Waals surface area contributed by atoms with Crippen LogP contribution in [0.3, 0.4) is 0 Å². The van der Waals surface area contributed by atoms with Gasteiger partial charge in [-0.3, -0.25) is 10.1 Å². The Morgan fingerprint density at radius 1 is 1.03 bits per heavy atom. The fourth-order valence-electron chi connectivity index (χ4n) is 4.73. The Bertz CT molecular complexity index is 1310. The monoisotopic (exact) mass is 520 g/mol. The van der Waals surface area contributed by atoms with Crippen molar-refractivity contribution in [3.8, 4) is 5.75 Å². The van der Waals surface area contributed by atoms with Gasteiger partial charge in [0.15, 0.2) is 5.01 Å². The van der Waals surface area contributed by atoms with Crippen LogP contribution < -0.4 is 10.1 Å². The third-order valence-electron chi connectivity index (χ3n) is 6.52. The van der Waals surface area contributed by atoms with Crippen molar-refractivity contribution in [1.29, 1.82) is 0 Å². The largest absolute Gasteiger partial charge is 0.486 e. The highest BCUT2D eigenvalue weighted by molar-refractivity contribution is 7.15. The van der Waals surface area contributed by atoms with E-state index in [1.807, 2.05) is 45.0 Å². The zero-order chi connectivity index (χ0) is 26.0. The van der Waals surface area contributed by atoms with E-state index in [1.54, 1.807) is 11.0 Å². The average Bonchev–Trinajstić information content (AvgIpc) is 3.33. The van der Waals surface area contributed by atoms with Gasteiger partial charge >= 0.3 is 6.09 Å². The first-order valence-electron chi connectivity index (χ1n) is 12.7. The summed E-state index contributed by atoms with van der Waals surface area (Å²) >= 11 is 1.31. The molecule has 0 bridgehead atoms. The number of carbonyl (C=O) groups is 2. The van der Waals surface area contributed by atoms with Gasteiger partial charge in [-0.25, -0.2) is 4.79 Å². The molecular weight excluding hydrogens is 488 g/mol. The van der Waals surface area contributed by atoms with Crippen molar-refractivity contribution in [3.05, 3.63) is 69.2 Å². The number of carbonyl (C=O) groups excluding carboxylic acids is 2. The zero-order valence-electron chi connectivity index (χ0n) is 21.5. The summed E-state index contributed by atoms with van der Waals surface area (Å²) in [7, 11) is 0. The maximum Gasteiger partial charge on any atom is 0.410 e. The number of benzene rings is 2. The van der Waals surface area contributed by atoms with E-state index in [4.69, 9.17) is 9.47 Å². The van der Waals surface area contributed by atoms with Crippen LogP contribution in [-0.4, -0.2) is 39.2 Å². The molecule has 9 heteroatoms. The van der Waals surface area contributed by atoms with Crippen LogP contribution in [0, 0.1) is 0 Å². The second-order valence-electron chi connectivity index (χ2n) is 10.5. The van der Waals surface area contributed by atoms with Gasteiger partial charge < -0.3 is 14.4 Å². The highest BCUT2D eigenvalue weighted by Crippen LogP contribution is 2.30. The lowest BCUT2D eigenvalue weighted by molar-refractivity contribution is 0.0224. The van der Waals surface area contributed by atoms with E-state index >= 15 is 0 Å². The molecule has 1 aliphatic heterocycles. The maximum atomic E-state index is 12.9. The first kappa shape index (κ1) is 25.2. The van der Waals surface area contributed by atoms with E-state index in [0.717, 1.165) is 29.7 Å². The minimum Gasteiger partial charge on any atom is -0.486 e. The number of hydrogen-bond acceptors (Lipinski definition) is 7. The van der Waals surface area contributed by atoms with Crippen molar-refractivity contribution in [2.45, 2.75) is 71.6 Å². The molecule has 2 aliphatic rings. The molecule has 8 nitrogen and oxygen atoms in total. The van der Waals surface area contributed by atoms with Gasteiger partial charge in [0.1, 0.15) is 18.0 Å². The van der Waals surface area contributed by atoms with Gasteiger partial charge in [-0.1, -0.05) is 29.5 Å². The molecule has 0 unspecified atom stereocenters. The molecule has 5 rings (SSSR count). The highest BCUT2D eigenvalue weighted by atomic mass is 32.1. The van der Waals surface area contributed by atoms with E-state index in [9.17, 15) is 9.59 Å². The van der Waals surface area contributed by atoms with Crippen LogP contribution >= 0.6 is 11.3 Å². The Morgan fingerprint density at radius 3 is 2.70 bits per heavy atom. The smallest absolute Gasteiger partial charge is 0.410 e. The average molecular weight is 521 g/mol. The number of ether oxygens (including phenoxy) is 2. The van der Waals surface area contributed by atoms with Crippen LogP contribution in [0.25, 0.3) is 0 Å². The second kappa shape index (κ2) is 10.5. The van der Waals surface area contributed by atoms with E-state index in [-0.39, 0.29) is 12.0 Å². The molecule has 0 atom stereocenters. The molecule has 0 fully saturated rings. The van der Waals surface area contributed by atoms with Crippen LogP contribution in [-0.2, 0) is 37.2 Å². The van der Waals surface area contributed by atoms with E-state index in [0.29, 0.717) is 41.8 Å². The normalized spacial score (nSPS) is 14.9. The number of nitrogens with zero attached hydrogens (tertiary/aromatic N) is 3. The number of anilines is 1. The molecule has 37 heavy (non-hydrogen) atoms. The quantitative estimate of drug-likeness (QED) is 0.475. The first-order chi connectivity index (χ1) is 17.7. The van der Waals surface area contributed by atoms with Crippen molar-refractivity contribution in [1.82, 2.24) is 15.1 Å². The van der Waals surface area contributed by atoms with Gasteiger partial charge in [-0.15, -0.1) is 10.2 Å². The molecule has 1 N–H and O–H groups in total. The number of fused-ring (bicyclic) bond motifs is 2. The van der Waals surface area contributed by atoms with Gasteiger partial charge in [0.05, 0.1) is 0 Å². The summed E-state index contributed by atoms with van der Waals surface area (Å²) in [6.07, 6.45) is 4.91. The number of hydrogen-bond donors (Lipinski definition) is 1. The molecule has 1 aromatic heterocycles. The van der Waals surface area contributed by atoms with Gasteiger partial charge in [-0.2, -0.15) is 0 Å². The predicted molar refractivity (Wildman–Crippen MR) is 142 cm³/mol. The van der Waals surface area contributed by atoms with Gasteiger partial charge in [0, 0.05) is 18.7 Å². The third kappa shape index (κ3) is 6.10. The van der Waals surface area contributed by atoms with Crippen LogP contribution in [0.2, 0.25) is 0 Å². The third-order valence-corrected chi connectivity index (χ3v) is 7.34. The lowest BCUT2D eigenvalue weighted by atomic mass is 9.91. The van der Waals surface area contributed by atoms with Gasteiger partial charge in [0.25, 0.3) is 5.91 Å². The summed E-state index contributed by atoms with van der Waals surface area (Å²) in [5.74, 6) is 0.676. The van der Waals surface area contributed by atoms with Crippen molar-refractivity contribution in [2.24, 2.45) is 0 Å². The number of nitrogens with one attached hydrogen (secondary N) is 1. The van der Waals surface area contributed by atoms with E-state index < -0.39 is 5.60 Å². The molecule has 0 saturated heterocycles. The predicted octanol–water partition coefficient (Wildman–Crippen LogP) is 5.54. The maximum absolute atomic E-state index is 12.9. The Morgan fingerprint density at radius 2 is 1.86 bits per heavy atom. The summed E-state index contributed by atoms with van der Waals surface area (Å²) < 4.78 is 11.6. The van der Waals surface area contributed by atoms with Crippen molar-refractivity contribution >= 4 is 28.5 Å². The molecule has 1 aliphatic carbocycles. The number of aryl methyl sites for hydroxylation is 1. The lowest BCUT2D eigenvalue weighted by Crippen LogP contribution is -2.39. The molecule has 0 radical (unpaired) electrons. The summed E-state index contributed by atoms with van der Waals surface area (Å²) in [6.45, 7) is 6.91. The molecule has 2 heterocycles. The lowest BCUT2D eigenvalue weighted by Gasteiger charge is -2.31. The Labute approximate surface area is 221 Å². The van der Waals surface area contributed by atoms with Crippen molar-refractivity contribution in [3.63, 3.8) is 0 Å². The van der Waals surface area contributed by atoms with Crippen LogP contribution in [0.15, 0.2) is 36.4 Å². The minimum atomic E-state index is -0.531. The number of rotatable bonds is 5. The standard InChI is InChI=1S/C28H32N4O4S/c1-28(2,3)36-27(34)32-14-13-19-15-20(11-12-21(19)16-32)25(33)29-26-31-30-24(37-26)17-35-23-10-6-8-18-7-4-5-9-22(18)23/h6,8,10-12,15H,4-5,7,9,13-14,16-17H2,1-3H3,(H,29,31,33). The molecule has 0 spiro atoms. The fourth-order valence-corrected chi connectivity index (χ4v) is 5.38. The Hall–Kier alpha value is -3.46. The number of amides is 2. The summed E-state index contributed by atoms with van der Waals surface area (Å²) in [5.41, 5.74) is 4.77. The first-order valence-corrected chi connectivity index (χ1v) is 13.5. The van der Waals surface area contributed by atoms with E-state index in [1.165, 1.54) is 35.3 Å². The molecule has 0 saturated carbocycles. The highest BCUT2D eigenvalue weighted by Gasteiger charge is 2.26.